The van der Waals surface area contributed by atoms with Crippen molar-refractivity contribution in [2.45, 2.75) is 19.8 Å². The number of nitrogens with zero attached hydrogens (tertiary/aromatic N) is 2. The fourth-order valence-electron chi connectivity index (χ4n) is 2.33. The van der Waals surface area contributed by atoms with Gasteiger partial charge in [-0.3, -0.25) is 0 Å². The lowest BCUT2D eigenvalue weighted by molar-refractivity contribution is 0.816. The second kappa shape index (κ2) is 4.42. The van der Waals surface area contributed by atoms with E-state index < -0.39 is 0 Å². The molecule has 0 saturated heterocycles. The van der Waals surface area contributed by atoms with Gasteiger partial charge in [-0.25, -0.2) is 4.98 Å². The summed E-state index contributed by atoms with van der Waals surface area (Å²) in [5, 5.41) is 2.46. The Hall–Kier alpha value is -1.87. The van der Waals surface area contributed by atoms with Crippen LogP contribution in [0, 0.1) is 6.92 Å². The Kier molecular flexibility index (Phi) is 2.76. The highest BCUT2D eigenvalue weighted by molar-refractivity contribution is 5.94. The molecule has 0 spiro atoms. The molecule has 0 unspecified atom stereocenters. The number of benzene rings is 1. The van der Waals surface area contributed by atoms with Crippen molar-refractivity contribution in [3.8, 4) is 0 Å². The van der Waals surface area contributed by atoms with E-state index in [4.69, 9.17) is 10.7 Å². The Bertz CT molecular complexity index is 697. The lowest BCUT2D eigenvalue weighted by Gasteiger charge is -2.01. The minimum atomic E-state index is 0.716. The lowest BCUT2D eigenvalue weighted by atomic mass is 10.1. The van der Waals surface area contributed by atoms with Gasteiger partial charge in [-0.15, -0.1) is 0 Å². The highest BCUT2D eigenvalue weighted by Crippen LogP contribution is 2.21. The van der Waals surface area contributed by atoms with E-state index in [9.17, 15) is 0 Å². The molecule has 0 radical (unpaired) electrons. The third-order valence-corrected chi connectivity index (χ3v) is 3.28. The maximum absolute atomic E-state index is 5.55. The van der Waals surface area contributed by atoms with E-state index in [1.54, 1.807) is 0 Å². The van der Waals surface area contributed by atoms with E-state index >= 15 is 0 Å². The molecule has 18 heavy (non-hydrogen) atoms. The van der Waals surface area contributed by atoms with Crippen LogP contribution in [0.25, 0.3) is 16.4 Å². The molecule has 0 fully saturated rings. The smallest absolute Gasteiger partial charge is 0.144 e. The molecule has 0 saturated carbocycles. The lowest BCUT2D eigenvalue weighted by Crippen LogP contribution is -2.00. The van der Waals surface area contributed by atoms with Gasteiger partial charge in [0.05, 0.1) is 5.69 Å². The van der Waals surface area contributed by atoms with Gasteiger partial charge >= 0.3 is 0 Å². The average Bonchev–Trinajstić information content (AvgIpc) is 2.79. The third kappa shape index (κ3) is 1.87. The van der Waals surface area contributed by atoms with Crippen molar-refractivity contribution in [1.29, 1.82) is 0 Å². The Morgan fingerprint density at radius 3 is 3.00 bits per heavy atom. The molecular formula is C15H17N3. The van der Waals surface area contributed by atoms with Gasteiger partial charge in [0, 0.05) is 17.8 Å². The van der Waals surface area contributed by atoms with Crippen LogP contribution in [-0.2, 0) is 6.42 Å². The summed E-state index contributed by atoms with van der Waals surface area (Å²) in [6, 6.07) is 8.62. The molecule has 0 aliphatic carbocycles. The number of imidazole rings is 1. The molecule has 2 aromatic heterocycles. The van der Waals surface area contributed by atoms with E-state index in [0.717, 1.165) is 24.2 Å². The standard InChI is InChI=1S/C15H17N3/c1-11-4-5-12-6-8-18-10-13(3-2-7-16)17-15(18)14(12)9-11/h4-6,8-10H,2-3,7,16H2,1H3. The topological polar surface area (TPSA) is 43.3 Å². The molecule has 2 heterocycles. The van der Waals surface area contributed by atoms with Crippen LogP contribution in [0.5, 0.6) is 0 Å². The van der Waals surface area contributed by atoms with E-state index in [-0.39, 0.29) is 0 Å². The zero-order chi connectivity index (χ0) is 12.5. The molecule has 0 aliphatic rings. The monoisotopic (exact) mass is 239 g/mol. The van der Waals surface area contributed by atoms with Gasteiger partial charge in [0.2, 0.25) is 0 Å². The van der Waals surface area contributed by atoms with Crippen molar-refractivity contribution in [3.05, 3.63) is 47.9 Å². The average molecular weight is 239 g/mol. The molecule has 1 aromatic carbocycles. The van der Waals surface area contributed by atoms with E-state index in [1.807, 2.05) is 0 Å². The summed E-state index contributed by atoms with van der Waals surface area (Å²) in [6.45, 7) is 2.83. The van der Waals surface area contributed by atoms with Gasteiger partial charge in [-0.1, -0.05) is 17.7 Å². The summed E-state index contributed by atoms with van der Waals surface area (Å²) in [5.41, 5.74) is 8.98. The van der Waals surface area contributed by atoms with Gasteiger partial charge in [0.25, 0.3) is 0 Å². The van der Waals surface area contributed by atoms with E-state index in [1.165, 1.54) is 16.3 Å². The summed E-state index contributed by atoms with van der Waals surface area (Å²) in [7, 11) is 0. The van der Waals surface area contributed by atoms with Gasteiger partial charge in [0.1, 0.15) is 5.65 Å². The Labute approximate surface area is 106 Å². The van der Waals surface area contributed by atoms with Crippen molar-refractivity contribution >= 4 is 16.4 Å². The van der Waals surface area contributed by atoms with E-state index in [2.05, 4.69) is 48.0 Å². The fraction of sp³-hybridized carbons (Fsp3) is 0.267. The van der Waals surface area contributed by atoms with Gasteiger partial charge in [0.15, 0.2) is 0 Å². The SMILES string of the molecule is Cc1ccc2ccn3cc(CCCN)nc3c2c1. The van der Waals surface area contributed by atoms with Crippen molar-refractivity contribution < 1.29 is 0 Å². The van der Waals surface area contributed by atoms with Crippen molar-refractivity contribution in [3.63, 3.8) is 0 Å². The largest absolute Gasteiger partial charge is 0.330 e. The van der Waals surface area contributed by atoms with Crippen LogP contribution in [-0.4, -0.2) is 15.9 Å². The molecule has 3 aromatic rings. The summed E-state index contributed by atoms with van der Waals surface area (Å²) in [6.07, 6.45) is 6.12. The molecule has 3 nitrogen and oxygen atoms in total. The molecule has 0 bridgehead atoms. The highest BCUT2D eigenvalue weighted by atomic mass is 15.0. The van der Waals surface area contributed by atoms with Gasteiger partial charge in [-0.2, -0.15) is 0 Å². The van der Waals surface area contributed by atoms with Crippen LogP contribution < -0.4 is 5.73 Å². The predicted octanol–water partition coefficient (Wildman–Crippen LogP) is 2.69. The van der Waals surface area contributed by atoms with Crippen LogP contribution in [0.4, 0.5) is 0 Å². The van der Waals surface area contributed by atoms with Crippen LogP contribution in [0.15, 0.2) is 36.7 Å². The Balaban J connectivity index is 2.19. The zero-order valence-corrected chi connectivity index (χ0v) is 10.6. The molecule has 0 aliphatic heterocycles. The maximum atomic E-state index is 5.55. The number of aryl methyl sites for hydroxylation is 2. The quantitative estimate of drug-likeness (QED) is 0.763. The first-order valence-electron chi connectivity index (χ1n) is 6.35. The number of fused-ring (bicyclic) bond motifs is 3. The first kappa shape index (κ1) is 11.2. The Morgan fingerprint density at radius 2 is 2.17 bits per heavy atom. The molecule has 3 rings (SSSR count). The summed E-state index contributed by atoms with van der Waals surface area (Å²) in [5.74, 6) is 0. The van der Waals surface area contributed by atoms with Crippen molar-refractivity contribution in [2.75, 3.05) is 6.54 Å². The van der Waals surface area contributed by atoms with Crippen LogP contribution in [0.3, 0.4) is 0 Å². The second-order valence-electron chi connectivity index (χ2n) is 4.76. The second-order valence-corrected chi connectivity index (χ2v) is 4.76. The van der Waals surface area contributed by atoms with Crippen LogP contribution in [0.2, 0.25) is 0 Å². The number of hydrogen-bond acceptors (Lipinski definition) is 2. The number of rotatable bonds is 3. The zero-order valence-electron chi connectivity index (χ0n) is 10.6. The molecule has 0 atom stereocenters. The third-order valence-electron chi connectivity index (χ3n) is 3.28. The van der Waals surface area contributed by atoms with Crippen LogP contribution in [0.1, 0.15) is 17.7 Å². The summed E-state index contributed by atoms with van der Waals surface area (Å²) in [4.78, 5) is 4.73. The first-order valence-corrected chi connectivity index (χ1v) is 6.35. The maximum Gasteiger partial charge on any atom is 0.144 e. The first-order chi connectivity index (χ1) is 8.78. The summed E-state index contributed by atoms with van der Waals surface area (Å²) >= 11 is 0. The molecule has 3 heteroatoms. The number of nitrogens with two attached hydrogens (primary N) is 1. The highest BCUT2D eigenvalue weighted by Gasteiger charge is 2.05. The van der Waals surface area contributed by atoms with Gasteiger partial charge in [-0.05, 0) is 43.8 Å². The van der Waals surface area contributed by atoms with Crippen LogP contribution >= 0.6 is 0 Å². The number of pyridine rings is 1. The van der Waals surface area contributed by atoms with Gasteiger partial charge < -0.3 is 10.1 Å². The minimum absolute atomic E-state index is 0.716. The fourth-order valence-corrected chi connectivity index (χ4v) is 2.33. The molecular weight excluding hydrogens is 222 g/mol. The molecule has 2 N–H and O–H groups in total. The molecule has 0 amide bonds. The van der Waals surface area contributed by atoms with Crippen molar-refractivity contribution in [1.82, 2.24) is 9.38 Å². The number of aromatic nitrogens is 2. The summed E-state index contributed by atoms with van der Waals surface area (Å²) < 4.78 is 2.10. The predicted molar refractivity (Wildman–Crippen MR) is 74.8 cm³/mol. The normalized spacial score (nSPS) is 11.4. The van der Waals surface area contributed by atoms with Crippen molar-refractivity contribution in [2.24, 2.45) is 5.73 Å². The number of hydrogen-bond donors (Lipinski definition) is 1. The Morgan fingerprint density at radius 1 is 1.28 bits per heavy atom. The minimum Gasteiger partial charge on any atom is -0.330 e. The van der Waals surface area contributed by atoms with E-state index in [0.29, 0.717) is 6.54 Å². The molecule has 92 valence electrons.